The van der Waals surface area contributed by atoms with Crippen LogP contribution < -0.4 is 11.1 Å². The van der Waals surface area contributed by atoms with Crippen LogP contribution in [0.15, 0.2) is 11.3 Å². The molecule has 0 saturated heterocycles. The van der Waals surface area contributed by atoms with E-state index >= 15 is 0 Å². The Morgan fingerprint density at radius 3 is 2.71 bits per heavy atom. The zero-order chi connectivity index (χ0) is 12.6. The number of nitrogens with two attached hydrogens (primary N) is 1. The molecular formula is C11H15N3O2S. The van der Waals surface area contributed by atoms with Crippen LogP contribution in [0, 0.1) is 0 Å². The molecule has 0 radical (unpaired) electrons. The number of carbonyl (C=O) groups excluding carboxylic acids is 2. The van der Waals surface area contributed by atoms with Gasteiger partial charge in [0.25, 0.3) is 0 Å². The summed E-state index contributed by atoms with van der Waals surface area (Å²) in [5.74, 6) is -0.221. The van der Waals surface area contributed by atoms with Crippen LogP contribution in [0.5, 0.6) is 0 Å². The van der Waals surface area contributed by atoms with Crippen LogP contribution in [-0.4, -0.2) is 27.9 Å². The maximum atomic E-state index is 12.2. The minimum absolute atomic E-state index is 0.0365. The molecule has 3 N–H and O–H groups in total. The maximum Gasteiger partial charge on any atom is 0.225 e. The average molecular weight is 253 g/mol. The van der Waals surface area contributed by atoms with Crippen LogP contribution in [-0.2, 0) is 9.59 Å². The first-order chi connectivity index (χ1) is 8.02. The average Bonchev–Trinajstić information content (AvgIpc) is 2.52. The Labute approximate surface area is 105 Å². The van der Waals surface area contributed by atoms with Crippen LogP contribution in [0.3, 0.4) is 0 Å². The molecule has 5 nitrogen and oxygen atoms in total. The highest BCUT2D eigenvalue weighted by molar-refractivity contribution is 7.80. The van der Waals surface area contributed by atoms with Crippen molar-refractivity contribution in [2.45, 2.75) is 38.8 Å². The van der Waals surface area contributed by atoms with Crippen LogP contribution >= 0.6 is 12.2 Å². The molecule has 92 valence electrons. The summed E-state index contributed by atoms with van der Waals surface area (Å²) in [7, 11) is 0. The molecule has 0 spiro atoms. The minimum Gasteiger partial charge on any atom is -0.376 e. The van der Waals surface area contributed by atoms with Crippen molar-refractivity contribution in [3.8, 4) is 0 Å². The van der Waals surface area contributed by atoms with E-state index < -0.39 is 6.17 Å². The van der Waals surface area contributed by atoms with E-state index in [1.54, 1.807) is 0 Å². The number of nitrogens with one attached hydrogen (secondary N) is 1. The zero-order valence-electron chi connectivity index (χ0n) is 9.66. The van der Waals surface area contributed by atoms with Crippen LogP contribution in [0.2, 0.25) is 0 Å². The van der Waals surface area contributed by atoms with E-state index in [1.807, 2.05) is 0 Å². The Hall–Kier alpha value is -1.43. The fraction of sp³-hybridized carbons (Fsp3) is 0.545. The van der Waals surface area contributed by atoms with Gasteiger partial charge in [0, 0.05) is 18.2 Å². The van der Waals surface area contributed by atoms with Crippen molar-refractivity contribution in [1.29, 1.82) is 0 Å². The summed E-state index contributed by atoms with van der Waals surface area (Å²) in [4.78, 5) is 25.3. The molecule has 1 heterocycles. The van der Waals surface area contributed by atoms with Gasteiger partial charge < -0.3 is 11.1 Å². The monoisotopic (exact) mass is 253 g/mol. The third-order valence-electron chi connectivity index (χ3n) is 3.15. The second-order valence-corrected chi connectivity index (χ2v) is 4.74. The van der Waals surface area contributed by atoms with Crippen molar-refractivity contribution in [2.75, 3.05) is 0 Å². The Bertz CT molecular complexity index is 430. The maximum absolute atomic E-state index is 12.2. The van der Waals surface area contributed by atoms with E-state index in [9.17, 15) is 9.59 Å². The summed E-state index contributed by atoms with van der Waals surface area (Å²) in [5.41, 5.74) is 7.01. The molecule has 0 fully saturated rings. The van der Waals surface area contributed by atoms with E-state index in [1.165, 1.54) is 11.8 Å². The highest BCUT2D eigenvalue weighted by Gasteiger charge is 2.42. The van der Waals surface area contributed by atoms with Gasteiger partial charge in [-0.15, -0.1) is 0 Å². The molecule has 2 aliphatic rings. The van der Waals surface area contributed by atoms with Gasteiger partial charge in [-0.3, -0.25) is 14.5 Å². The number of thiocarbonyl (C=S) groups is 1. The van der Waals surface area contributed by atoms with E-state index in [2.05, 4.69) is 5.32 Å². The molecular weight excluding hydrogens is 238 g/mol. The largest absolute Gasteiger partial charge is 0.376 e. The van der Waals surface area contributed by atoms with Gasteiger partial charge in [0.1, 0.15) is 0 Å². The van der Waals surface area contributed by atoms with Crippen molar-refractivity contribution in [2.24, 2.45) is 5.73 Å². The van der Waals surface area contributed by atoms with Crippen molar-refractivity contribution < 1.29 is 9.59 Å². The number of carbonyl (C=O) groups is 2. The molecule has 1 aliphatic carbocycles. The summed E-state index contributed by atoms with van der Waals surface area (Å²) in [6.45, 7) is 1.45. The van der Waals surface area contributed by atoms with Crippen molar-refractivity contribution >= 4 is 29.0 Å². The molecule has 1 unspecified atom stereocenters. The smallest absolute Gasteiger partial charge is 0.225 e. The summed E-state index contributed by atoms with van der Waals surface area (Å²) in [6.07, 6.45) is 2.79. The number of Topliss-reactive ketones (excluding diaryl/α,β-unsaturated/α-hetero) is 1. The van der Waals surface area contributed by atoms with Gasteiger partial charge in [0.05, 0.1) is 0 Å². The number of hydrogen-bond acceptors (Lipinski definition) is 3. The second kappa shape index (κ2) is 4.44. The number of rotatable bonds is 1. The third kappa shape index (κ3) is 2.04. The predicted octanol–water partition coefficient (Wildman–Crippen LogP) is 0.405. The minimum atomic E-state index is -0.729. The number of hydrogen-bond donors (Lipinski definition) is 2. The van der Waals surface area contributed by atoms with Gasteiger partial charge in [-0.25, -0.2) is 0 Å². The Balaban J connectivity index is 2.34. The normalized spacial score (nSPS) is 23.7. The summed E-state index contributed by atoms with van der Waals surface area (Å²) in [6, 6.07) is 0. The number of nitrogens with zero attached hydrogens (tertiary/aromatic N) is 1. The Morgan fingerprint density at radius 2 is 2.12 bits per heavy atom. The molecule has 17 heavy (non-hydrogen) atoms. The quantitative estimate of drug-likeness (QED) is 0.662. The van der Waals surface area contributed by atoms with Crippen molar-refractivity contribution in [3.05, 3.63) is 11.3 Å². The first kappa shape index (κ1) is 12.0. The summed E-state index contributed by atoms with van der Waals surface area (Å²) < 4.78 is 0. The van der Waals surface area contributed by atoms with Gasteiger partial charge in [0.15, 0.2) is 11.3 Å². The van der Waals surface area contributed by atoms with Crippen molar-refractivity contribution in [1.82, 2.24) is 10.2 Å². The van der Waals surface area contributed by atoms with Gasteiger partial charge in [-0.05, 0) is 37.9 Å². The van der Waals surface area contributed by atoms with Crippen LogP contribution in [0.1, 0.15) is 32.6 Å². The predicted molar refractivity (Wildman–Crippen MR) is 66.7 cm³/mol. The molecule has 1 aliphatic heterocycles. The second-order valence-electron chi connectivity index (χ2n) is 4.30. The first-order valence-corrected chi connectivity index (χ1v) is 6.05. The van der Waals surface area contributed by atoms with Gasteiger partial charge >= 0.3 is 0 Å². The molecule has 0 saturated carbocycles. The lowest BCUT2D eigenvalue weighted by Gasteiger charge is -2.26. The molecule has 0 bridgehead atoms. The van der Waals surface area contributed by atoms with Gasteiger partial charge in [-0.1, -0.05) is 0 Å². The van der Waals surface area contributed by atoms with E-state index in [0.29, 0.717) is 0 Å². The topological polar surface area (TPSA) is 75.4 Å². The lowest BCUT2D eigenvalue weighted by atomic mass is 9.96. The van der Waals surface area contributed by atoms with E-state index in [4.69, 9.17) is 18.0 Å². The Kier molecular flexibility index (Phi) is 3.15. The van der Waals surface area contributed by atoms with Gasteiger partial charge in [0.2, 0.25) is 11.7 Å². The summed E-state index contributed by atoms with van der Waals surface area (Å²) >= 11 is 4.75. The highest BCUT2D eigenvalue weighted by Crippen LogP contribution is 2.35. The molecule has 1 amide bonds. The van der Waals surface area contributed by atoms with Crippen LogP contribution in [0.4, 0.5) is 0 Å². The lowest BCUT2D eigenvalue weighted by molar-refractivity contribution is -0.132. The molecule has 0 aromatic rings. The van der Waals surface area contributed by atoms with E-state index in [0.717, 1.165) is 37.0 Å². The number of ketones is 1. The molecule has 1 atom stereocenters. The summed E-state index contributed by atoms with van der Waals surface area (Å²) in [5, 5.41) is 2.74. The molecule has 6 heteroatoms. The fourth-order valence-electron chi connectivity index (χ4n) is 2.50. The standard InChI is InChI=1S/C11H15N3O2S/c1-6(15)14-8-5-3-2-4-7(8)9(16)10(14)13-11(12)17/h10H,2-5H2,1H3,(H3,12,13,17). The fourth-order valence-corrected chi connectivity index (χ4v) is 2.61. The molecule has 0 aromatic carbocycles. The molecule has 0 aromatic heterocycles. The third-order valence-corrected chi connectivity index (χ3v) is 3.27. The molecule has 2 rings (SSSR count). The first-order valence-electron chi connectivity index (χ1n) is 5.64. The number of amides is 1. The zero-order valence-corrected chi connectivity index (χ0v) is 10.5. The Morgan fingerprint density at radius 1 is 1.47 bits per heavy atom. The van der Waals surface area contributed by atoms with E-state index in [-0.39, 0.29) is 16.8 Å². The van der Waals surface area contributed by atoms with Crippen LogP contribution in [0.25, 0.3) is 0 Å². The SMILES string of the molecule is CC(=O)N1C2=C(CCCC2)C(=O)C1NC(N)=S. The van der Waals surface area contributed by atoms with Crippen molar-refractivity contribution in [3.63, 3.8) is 0 Å². The van der Waals surface area contributed by atoms with Gasteiger partial charge in [-0.2, -0.15) is 0 Å². The highest BCUT2D eigenvalue weighted by atomic mass is 32.1. The lowest BCUT2D eigenvalue weighted by Crippen LogP contribution is -2.51. The number of allylic oxidation sites excluding steroid dienone is 1.